The number of amides is 4. The van der Waals surface area contributed by atoms with Crippen LogP contribution < -0.4 is 5.32 Å². The van der Waals surface area contributed by atoms with Gasteiger partial charge in [-0.05, 0) is 12.5 Å². The second-order valence-corrected chi connectivity index (χ2v) is 5.62. The normalized spacial score (nSPS) is 20.3. The van der Waals surface area contributed by atoms with Crippen molar-refractivity contribution in [2.45, 2.75) is 25.1 Å². The van der Waals surface area contributed by atoms with Crippen LogP contribution in [0.5, 0.6) is 0 Å². The summed E-state index contributed by atoms with van der Waals surface area (Å²) in [6.07, 6.45) is -5.40. The predicted molar refractivity (Wildman–Crippen MR) is 74.8 cm³/mol. The zero-order valence-corrected chi connectivity index (χ0v) is 12.6. The van der Waals surface area contributed by atoms with Gasteiger partial charge in [-0.3, -0.25) is 39.5 Å². The fraction of sp³-hybridized carbons (Fsp3) is 0.286. The first-order valence-corrected chi connectivity index (χ1v) is 7.13. The first-order chi connectivity index (χ1) is 12.0. The SMILES string of the molecule is O=C1CCC(N2C(=O)c3cc(C(F)(F)F)cc([N+](=O)[O-])c3C2=O)C(=O)N1. The van der Waals surface area contributed by atoms with E-state index in [0.717, 1.165) is 0 Å². The number of fused-ring (bicyclic) bond motifs is 1. The lowest BCUT2D eigenvalue weighted by atomic mass is 10.0. The molecular weight excluding hydrogens is 363 g/mol. The number of nitrogens with zero attached hydrogens (tertiary/aromatic N) is 2. The van der Waals surface area contributed by atoms with Gasteiger partial charge in [0.2, 0.25) is 11.8 Å². The Kier molecular flexibility index (Phi) is 3.78. The van der Waals surface area contributed by atoms with Gasteiger partial charge in [-0.25, -0.2) is 0 Å². The lowest BCUT2D eigenvalue weighted by molar-refractivity contribution is -0.385. The molecule has 0 aliphatic carbocycles. The van der Waals surface area contributed by atoms with Crippen LogP contribution in [0, 0.1) is 10.1 Å². The van der Waals surface area contributed by atoms with Gasteiger partial charge in [0.25, 0.3) is 17.5 Å². The fourth-order valence-electron chi connectivity index (χ4n) is 2.88. The molecule has 0 saturated carbocycles. The largest absolute Gasteiger partial charge is 0.416 e. The molecule has 9 nitrogen and oxygen atoms in total. The Morgan fingerprint density at radius 2 is 1.81 bits per heavy atom. The Labute approximate surface area is 141 Å². The number of carbonyl (C=O) groups excluding carboxylic acids is 4. The number of piperidine rings is 1. The van der Waals surface area contributed by atoms with Crippen LogP contribution in [0.25, 0.3) is 0 Å². The van der Waals surface area contributed by atoms with Crippen molar-refractivity contribution in [2.24, 2.45) is 0 Å². The smallest absolute Gasteiger partial charge is 0.295 e. The highest BCUT2D eigenvalue weighted by molar-refractivity contribution is 6.25. The van der Waals surface area contributed by atoms with Gasteiger partial charge < -0.3 is 0 Å². The van der Waals surface area contributed by atoms with Gasteiger partial charge in [-0.15, -0.1) is 0 Å². The highest BCUT2D eigenvalue weighted by Crippen LogP contribution is 2.39. The summed E-state index contributed by atoms with van der Waals surface area (Å²) in [5, 5.41) is 13.0. The summed E-state index contributed by atoms with van der Waals surface area (Å²) in [5.41, 5.74) is -4.25. The summed E-state index contributed by atoms with van der Waals surface area (Å²) in [7, 11) is 0. The zero-order valence-electron chi connectivity index (χ0n) is 12.6. The average molecular weight is 371 g/mol. The van der Waals surface area contributed by atoms with Crippen molar-refractivity contribution in [3.8, 4) is 0 Å². The number of alkyl halides is 3. The number of rotatable bonds is 2. The van der Waals surface area contributed by atoms with E-state index in [1.165, 1.54) is 0 Å². The van der Waals surface area contributed by atoms with Gasteiger partial charge in [0.1, 0.15) is 11.6 Å². The Balaban J connectivity index is 2.13. The molecule has 2 aliphatic rings. The van der Waals surface area contributed by atoms with E-state index in [1.54, 1.807) is 0 Å². The number of benzene rings is 1. The topological polar surface area (TPSA) is 127 Å². The van der Waals surface area contributed by atoms with E-state index in [0.29, 0.717) is 11.0 Å². The summed E-state index contributed by atoms with van der Waals surface area (Å²) >= 11 is 0. The molecule has 1 N–H and O–H groups in total. The third-order valence-electron chi connectivity index (χ3n) is 4.05. The van der Waals surface area contributed by atoms with Crippen LogP contribution in [0.3, 0.4) is 0 Å². The standard InChI is InChI=1S/C14H8F3N3O6/c15-14(16,17)5-3-6-10(8(4-5)20(25)26)13(24)19(12(6)23)7-1-2-9(21)18-11(7)22/h3-4,7H,1-2H2,(H,18,21,22). The molecule has 4 amide bonds. The van der Waals surface area contributed by atoms with Crippen molar-refractivity contribution in [3.63, 3.8) is 0 Å². The number of nitrogens with one attached hydrogen (secondary N) is 1. The Hall–Kier alpha value is -3.31. The van der Waals surface area contributed by atoms with Crippen molar-refractivity contribution < 1.29 is 37.3 Å². The van der Waals surface area contributed by atoms with E-state index in [2.05, 4.69) is 0 Å². The molecule has 0 radical (unpaired) electrons. The number of nitro benzene ring substituents is 1. The third kappa shape index (κ3) is 2.59. The van der Waals surface area contributed by atoms with Crippen LogP contribution >= 0.6 is 0 Å². The summed E-state index contributed by atoms with van der Waals surface area (Å²) in [6.45, 7) is 0. The van der Waals surface area contributed by atoms with Crippen LogP contribution in [0.15, 0.2) is 12.1 Å². The quantitative estimate of drug-likeness (QED) is 0.470. The highest BCUT2D eigenvalue weighted by atomic mass is 19.4. The Bertz CT molecular complexity index is 895. The molecule has 1 aromatic rings. The summed E-state index contributed by atoms with van der Waals surface area (Å²) in [6, 6.07) is -0.930. The first kappa shape index (κ1) is 17.5. The van der Waals surface area contributed by atoms with E-state index >= 15 is 0 Å². The van der Waals surface area contributed by atoms with E-state index in [1.807, 2.05) is 5.32 Å². The molecule has 12 heteroatoms. The Morgan fingerprint density at radius 1 is 1.15 bits per heavy atom. The van der Waals surface area contributed by atoms with E-state index in [-0.39, 0.29) is 18.9 Å². The van der Waals surface area contributed by atoms with Gasteiger partial charge in [0, 0.05) is 12.5 Å². The lowest BCUT2D eigenvalue weighted by Gasteiger charge is -2.27. The summed E-state index contributed by atoms with van der Waals surface area (Å²) < 4.78 is 38.8. The second kappa shape index (κ2) is 5.61. The molecule has 3 rings (SSSR count). The van der Waals surface area contributed by atoms with Crippen molar-refractivity contribution in [3.05, 3.63) is 38.9 Å². The van der Waals surface area contributed by atoms with Gasteiger partial charge >= 0.3 is 6.18 Å². The number of hydrogen-bond donors (Lipinski definition) is 1. The van der Waals surface area contributed by atoms with Crippen molar-refractivity contribution in [1.82, 2.24) is 10.2 Å². The predicted octanol–water partition coefficient (Wildman–Crippen LogP) is 1.01. The molecule has 1 fully saturated rings. The maximum absolute atomic E-state index is 12.9. The minimum absolute atomic E-state index is 0.165. The van der Waals surface area contributed by atoms with Crippen LogP contribution in [0.1, 0.15) is 39.1 Å². The maximum Gasteiger partial charge on any atom is 0.416 e. The number of nitro groups is 1. The Morgan fingerprint density at radius 3 is 2.35 bits per heavy atom. The van der Waals surface area contributed by atoms with E-state index in [4.69, 9.17) is 0 Å². The number of hydrogen-bond acceptors (Lipinski definition) is 6. The fourth-order valence-corrected chi connectivity index (χ4v) is 2.88. The monoisotopic (exact) mass is 371 g/mol. The molecule has 1 atom stereocenters. The molecule has 26 heavy (non-hydrogen) atoms. The summed E-state index contributed by atoms with van der Waals surface area (Å²) in [5.74, 6) is -4.11. The molecule has 2 aliphatic heterocycles. The third-order valence-corrected chi connectivity index (χ3v) is 4.05. The van der Waals surface area contributed by atoms with E-state index < -0.39 is 63.1 Å². The number of halogens is 3. The molecule has 2 heterocycles. The van der Waals surface area contributed by atoms with Crippen LogP contribution in [-0.4, -0.2) is 39.5 Å². The van der Waals surface area contributed by atoms with E-state index in [9.17, 15) is 42.5 Å². The molecule has 1 aromatic carbocycles. The molecular formula is C14H8F3N3O6. The molecule has 0 bridgehead atoms. The van der Waals surface area contributed by atoms with Crippen LogP contribution in [0.2, 0.25) is 0 Å². The lowest BCUT2D eigenvalue weighted by Crippen LogP contribution is -2.54. The zero-order chi connectivity index (χ0) is 19.4. The first-order valence-electron chi connectivity index (χ1n) is 7.13. The van der Waals surface area contributed by atoms with Gasteiger partial charge in [-0.1, -0.05) is 0 Å². The van der Waals surface area contributed by atoms with Gasteiger partial charge in [0.15, 0.2) is 0 Å². The maximum atomic E-state index is 12.9. The average Bonchev–Trinajstić information content (AvgIpc) is 2.78. The van der Waals surface area contributed by atoms with Crippen molar-refractivity contribution in [1.29, 1.82) is 0 Å². The molecule has 0 spiro atoms. The second-order valence-electron chi connectivity index (χ2n) is 5.62. The van der Waals surface area contributed by atoms with Crippen molar-refractivity contribution >= 4 is 29.3 Å². The minimum atomic E-state index is -4.98. The molecule has 1 unspecified atom stereocenters. The van der Waals surface area contributed by atoms with Gasteiger partial charge in [0.05, 0.1) is 16.1 Å². The van der Waals surface area contributed by atoms with Crippen LogP contribution in [-0.2, 0) is 15.8 Å². The van der Waals surface area contributed by atoms with Crippen molar-refractivity contribution in [2.75, 3.05) is 0 Å². The number of imide groups is 2. The highest BCUT2D eigenvalue weighted by Gasteiger charge is 2.49. The van der Waals surface area contributed by atoms with Crippen LogP contribution in [0.4, 0.5) is 18.9 Å². The molecule has 0 aromatic heterocycles. The minimum Gasteiger partial charge on any atom is -0.295 e. The van der Waals surface area contributed by atoms with Gasteiger partial charge in [-0.2, -0.15) is 13.2 Å². The molecule has 1 saturated heterocycles. The molecule has 136 valence electrons. The summed E-state index contributed by atoms with van der Waals surface area (Å²) in [4.78, 5) is 58.3. The number of carbonyl (C=O) groups is 4.